The van der Waals surface area contributed by atoms with Crippen LogP contribution in [-0.4, -0.2) is 53.6 Å². The Hall–Kier alpha value is -1.08. The van der Waals surface area contributed by atoms with E-state index in [0.29, 0.717) is 31.6 Å². The molecule has 1 fully saturated rings. The van der Waals surface area contributed by atoms with Gasteiger partial charge in [0.25, 0.3) is 0 Å². The third-order valence-electron chi connectivity index (χ3n) is 6.05. The van der Waals surface area contributed by atoms with E-state index in [1.54, 1.807) is 18.8 Å². The lowest BCUT2D eigenvalue weighted by Crippen LogP contribution is -2.37. The standard InChI is InChI=1S/C20H34N2O4/c1-15-11-16-5-3-6-17(12-16)19(15)14-26-20(21(2)23)8-4-7-18-13-22(24)9-10-25-18/h11,13,15,17,19-20,23-24H,3-10,12,14H2,1-2H3. The Labute approximate surface area is 157 Å². The quantitative estimate of drug-likeness (QED) is 0.387. The second-order valence-electron chi connectivity index (χ2n) is 8.07. The zero-order chi connectivity index (χ0) is 18.5. The van der Waals surface area contributed by atoms with Gasteiger partial charge in [-0.25, -0.2) is 0 Å². The minimum atomic E-state index is -0.300. The van der Waals surface area contributed by atoms with E-state index in [2.05, 4.69) is 13.0 Å². The molecular formula is C20H34N2O4. The Morgan fingerprint density at radius 3 is 3.08 bits per heavy atom. The summed E-state index contributed by atoms with van der Waals surface area (Å²) in [6, 6.07) is 0. The Kier molecular flexibility index (Phi) is 6.98. The van der Waals surface area contributed by atoms with Crippen molar-refractivity contribution in [1.29, 1.82) is 0 Å². The molecule has 0 aromatic carbocycles. The number of rotatable bonds is 8. The van der Waals surface area contributed by atoms with Crippen molar-refractivity contribution in [2.45, 2.75) is 58.1 Å². The molecule has 0 aromatic heterocycles. The molecule has 3 aliphatic rings. The van der Waals surface area contributed by atoms with Crippen LogP contribution in [0.1, 0.15) is 51.9 Å². The molecule has 0 aromatic rings. The number of hydrogen-bond donors (Lipinski definition) is 2. The molecular weight excluding hydrogens is 332 g/mol. The van der Waals surface area contributed by atoms with Crippen LogP contribution in [0, 0.1) is 17.8 Å². The molecule has 0 amide bonds. The van der Waals surface area contributed by atoms with Crippen molar-refractivity contribution in [2.24, 2.45) is 17.8 Å². The number of fused-ring (bicyclic) bond motifs is 2. The van der Waals surface area contributed by atoms with E-state index >= 15 is 0 Å². The topological polar surface area (TPSA) is 65.4 Å². The summed E-state index contributed by atoms with van der Waals surface area (Å²) in [6.07, 6.45) is 11.2. The number of allylic oxidation sites excluding steroid dienone is 3. The molecule has 1 aliphatic heterocycles. The Morgan fingerprint density at radius 2 is 2.31 bits per heavy atom. The van der Waals surface area contributed by atoms with E-state index in [-0.39, 0.29) is 6.23 Å². The lowest BCUT2D eigenvalue weighted by atomic mass is 9.68. The average molecular weight is 367 g/mol. The molecule has 148 valence electrons. The van der Waals surface area contributed by atoms with Crippen molar-refractivity contribution in [1.82, 2.24) is 10.1 Å². The average Bonchev–Trinajstić information content (AvgIpc) is 2.59. The number of nitrogens with zero attached hydrogens (tertiary/aromatic N) is 2. The highest BCUT2D eigenvalue weighted by Gasteiger charge is 2.33. The second kappa shape index (κ2) is 9.22. The molecule has 0 saturated heterocycles. The van der Waals surface area contributed by atoms with E-state index in [1.807, 2.05) is 0 Å². The first kappa shape index (κ1) is 19.7. The molecule has 2 bridgehead atoms. The number of hydrogen-bond acceptors (Lipinski definition) is 6. The van der Waals surface area contributed by atoms with Crippen LogP contribution >= 0.6 is 0 Å². The van der Waals surface area contributed by atoms with E-state index in [9.17, 15) is 10.4 Å². The molecule has 4 atom stereocenters. The number of ether oxygens (including phenoxy) is 2. The third kappa shape index (κ3) is 5.22. The predicted octanol–water partition coefficient (Wildman–Crippen LogP) is 3.77. The summed E-state index contributed by atoms with van der Waals surface area (Å²) >= 11 is 0. The summed E-state index contributed by atoms with van der Waals surface area (Å²) in [5.74, 6) is 2.64. The van der Waals surface area contributed by atoms with Crippen LogP contribution in [0.2, 0.25) is 0 Å². The maximum atomic E-state index is 9.97. The lowest BCUT2D eigenvalue weighted by Gasteiger charge is -2.40. The lowest BCUT2D eigenvalue weighted by molar-refractivity contribution is -0.209. The van der Waals surface area contributed by atoms with Gasteiger partial charge in [-0.3, -0.25) is 10.3 Å². The largest absolute Gasteiger partial charge is 0.494 e. The second-order valence-corrected chi connectivity index (χ2v) is 8.07. The molecule has 4 unspecified atom stereocenters. The van der Waals surface area contributed by atoms with E-state index in [4.69, 9.17) is 9.47 Å². The first-order valence-electron chi connectivity index (χ1n) is 10.0. The molecule has 6 heteroatoms. The number of hydroxylamine groups is 4. The summed E-state index contributed by atoms with van der Waals surface area (Å²) < 4.78 is 11.7. The minimum Gasteiger partial charge on any atom is -0.494 e. The normalized spacial score (nSPS) is 29.9. The predicted molar refractivity (Wildman–Crippen MR) is 98.4 cm³/mol. The van der Waals surface area contributed by atoms with Crippen LogP contribution in [0.25, 0.3) is 0 Å². The molecule has 1 saturated carbocycles. The fourth-order valence-electron chi connectivity index (χ4n) is 4.59. The van der Waals surface area contributed by atoms with E-state index in [1.165, 1.54) is 35.8 Å². The maximum absolute atomic E-state index is 9.97. The van der Waals surface area contributed by atoms with Crippen molar-refractivity contribution < 1.29 is 19.9 Å². The molecule has 3 rings (SSSR count). The molecule has 6 nitrogen and oxygen atoms in total. The van der Waals surface area contributed by atoms with Gasteiger partial charge in [0.2, 0.25) is 0 Å². The maximum Gasteiger partial charge on any atom is 0.132 e. The summed E-state index contributed by atoms with van der Waals surface area (Å²) in [7, 11) is 1.65. The third-order valence-corrected chi connectivity index (χ3v) is 6.05. The van der Waals surface area contributed by atoms with Crippen molar-refractivity contribution in [3.63, 3.8) is 0 Å². The van der Waals surface area contributed by atoms with Gasteiger partial charge in [-0.1, -0.05) is 18.6 Å². The SMILES string of the molecule is CC1C=C2CCCC(C2)C1COC(CCCC1=CN(O)CCO1)N(C)O. The smallest absolute Gasteiger partial charge is 0.132 e. The molecule has 0 spiro atoms. The van der Waals surface area contributed by atoms with Crippen LogP contribution in [-0.2, 0) is 9.47 Å². The molecule has 1 heterocycles. The summed E-state index contributed by atoms with van der Waals surface area (Å²) in [6.45, 7) is 4.02. The van der Waals surface area contributed by atoms with Crippen molar-refractivity contribution in [3.8, 4) is 0 Å². The first-order valence-corrected chi connectivity index (χ1v) is 10.0. The van der Waals surface area contributed by atoms with Crippen LogP contribution < -0.4 is 0 Å². The van der Waals surface area contributed by atoms with Gasteiger partial charge >= 0.3 is 0 Å². The van der Waals surface area contributed by atoms with Crippen LogP contribution in [0.15, 0.2) is 23.6 Å². The first-order chi connectivity index (χ1) is 12.5. The molecule has 2 N–H and O–H groups in total. The van der Waals surface area contributed by atoms with Crippen molar-refractivity contribution >= 4 is 0 Å². The molecule has 2 aliphatic carbocycles. The monoisotopic (exact) mass is 366 g/mol. The molecule has 26 heavy (non-hydrogen) atoms. The van der Waals surface area contributed by atoms with Crippen LogP contribution in [0.5, 0.6) is 0 Å². The Morgan fingerprint density at radius 1 is 1.46 bits per heavy atom. The van der Waals surface area contributed by atoms with Crippen molar-refractivity contribution in [3.05, 3.63) is 23.6 Å². The summed E-state index contributed by atoms with van der Waals surface area (Å²) in [5, 5.41) is 21.8. The highest BCUT2D eigenvalue weighted by Crippen LogP contribution is 2.42. The summed E-state index contributed by atoms with van der Waals surface area (Å²) in [4.78, 5) is 0. The Balaban J connectivity index is 1.46. The van der Waals surface area contributed by atoms with Gasteiger partial charge in [0.1, 0.15) is 18.6 Å². The van der Waals surface area contributed by atoms with Crippen molar-refractivity contribution in [2.75, 3.05) is 26.8 Å². The minimum absolute atomic E-state index is 0.300. The Bertz CT molecular complexity index is 520. The van der Waals surface area contributed by atoms with Crippen LogP contribution in [0.3, 0.4) is 0 Å². The van der Waals surface area contributed by atoms with Gasteiger partial charge in [0, 0.05) is 13.5 Å². The zero-order valence-electron chi connectivity index (χ0n) is 16.1. The van der Waals surface area contributed by atoms with Gasteiger partial charge in [-0.2, -0.15) is 5.06 Å². The van der Waals surface area contributed by atoms with Gasteiger partial charge in [-0.05, 0) is 56.3 Å². The van der Waals surface area contributed by atoms with Gasteiger partial charge < -0.3 is 14.7 Å². The van der Waals surface area contributed by atoms with Crippen LogP contribution in [0.4, 0.5) is 0 Å². The fraction of sp³-hybridized carbons (Fsp3) is 0.800. The van der Waals surface area contributed by atoms with Gasteiger partial charge in [-0.15, -0.1) is 0 Å². The van der Waals surface area contributed by atoms with Gasteiger partial charge in [0.15, 0.2) is 0 Å². The van der Waals surface area contributed by atoms with E-state index < -0.39 is 0 Å². The highest BCUT2D eigenvalue weighted by molar-refractivity contribution is 5.13. The zero-order valence-corrected chi connectivity index (χ0v) is 16.1. The van der Waals surface area contributed by atoms with Gasteiger partial charge in [0.05, 0.1) is 19.4 Å². The molecule has 0 radical (unpaired) electrons. The fourth-order valence-corrected chi connectivity index (χ4v) is 4.59. The highest BCUT2D eigenvalue weighted by atomic mass is 16.6. The van der Waals surface area contributed by atoms with E-state index in [0.717, 1.165) is 30.9 Å². The summed E-state index contributed by atoms with van der Waals surface area (Å²) in [5.41, 5.74) is 1.64.